The van der Waals surface area contributed by atoms with Gasteiger partial charge in [-0.3, -0.25) is 4.90 Å². The van der Waals surface area contributed by atoms with Crippen molar-refractivity contribution in [1.29, 1.82) is 0 Å². The molecule has 4 rings (SSSR count). The minimum absolute atomic E-state index is 0.799. The molecule has 4 nitrogen and oxygen atoms in total. The Hall–Kier alpha value is -1.82. The zero-order valence-corrected chi connectivity index (χ0v) is 15.3. The van der Waals surface area contributed by atoms with Crippen molar-refractivity contribution < 1.29 is 4.74 Å². The highest BCUT2D eigenvalue weighted by molar-refractivity contribution is 7.99. The molecule has 2 aliphatic rings. The Balaban J connectivity index is 1.63. The molecule has 5 heteroatoms. The molecular weight excluding hydrogens is 330 g/mol. The Morgan fingerprint density at radius 1 is 0.960 bits per heavy atom. The summed E-state index contributed by atoms with van der Waals surface area (Å²) in [6, 6.07) is 17.0. The predicted octanol–water partition coefficient (Wildman–Crippen LogP) is 3.49. The fraction of sp³-hybridized carbons (Fsp3) is 0.350. The summed E-state index contributed by atoms with van der Waals surface area (Å²) in [5, 5.41) is 0. The van der Waals surface area contributed by atoms with Gasteiger partial charge in [0.2, 0.25) is 0 Å². The third-order valence-electron chi connectivity index (χ3n) is 4.72. The molecule has 0 radical (unpaired) electrons. The first-order valence-corrected chi connectivity index (χ1v) is 9.58. The summed E-state index contributed by atoms with van der Waals surface area (Å²) in [4.78, 5) is 12.5. The van der Waals surface area contributed by atoms with Gasteiger partial charge in [-0.1, -0.05) is 42.1 Å². The van der Waals surface area contributed by atoms with E-state index >= 15 is 0 Å². The number of hydrogen-bond acceptors (Lipinski definition) is 5. The van der Waals surface area contributed by atoms with E-state index in [-0.39, 0.29) is 0 Å². The van der Waals surface area contributed by atoms with Crippen LogP contribution in [0.2, 0.25) is 0 Å². The second-order valence-electron chi connectivity index (χ2n) is 6.32. The van der Waals surface area contributed by atoms with Crippen LogP contribution in [0.5, 0.6) is 0 Å². The number of hydrogen-bond donors (Lipinski definition) is 0. The van der Waals surface area contributed by atoms with Crippen molar-refractivity contribution in [2.45, 2.75) is 9.79 Å². The van der Waals surface area contributed by atoms with Crippen LogP contribution in [0.4, 0.5) is 5.69 Å². The lowest BCUT2D eigenvalue weighted by molar-refractivity contribution is 0.120. The van der Waals surface area contributed by atoms with Crippen LogP contribution in [0.25, 0.3) is 0 Å². The first-order chi connectivity index (χ1) is 12.3. The highest BCUT2D eigenvalue weighted by Crippen LogP contribution is 2.40. The van der Waals surface area contributed by atoms with Crippen LogP contribution in [-0.4, -0.2) is 62.1 Å². The smallest absolute Gasteiger partial charge is 0.137 e. The van der Waals surface area contributed by atoms with E-state index < -0.39 is 0 Å². The van der Waals surface area contributed by atoms with E-state index in [9.17, 15) is 0 Å². The second-order valence-corrected chi connectivity index (χ2v) is 7.41. The molecule has 130 valence electrons. The molecule has 2 aromatic rings. The SMILES string of the molecule is COCCN1CCN(C2=Nc3ccccc3Sc3ccccc32)CC1. The summed E-state index contributed by atoms with van der Waals surface area (Å²) in [5.41, 5.74) is 2.31. The molecule has 0 bridgehead atoms. The Kier molecular flexibility index (Phi) is 5.06. The summed E-state index contributed by atoms with van der Waals surface area (Å²) in [5.74, 6) is 1.11. The molecule has 0 amide bonds. The number of methoxy groups -OCH3 is 1. The average Bonchev–Trinajstić information content (AvgIpc) is 2.83. The van der Waals surface area contributed by atoms with Crippen molar-refractivity contribution in [3.05, 3.63) is 54.1 Å². The standard InChI is InChI=1S/C20H23N3OS/c1-24-15-14-22-10-12-23(13-11-22)20-16-6-2-4-8-18(16)25-19-9-5-3-7-17(19)21-20/h2-9H,10-15H2,1H3. The minimum atomic E-state index is 0.799. The van der Waals surface area contributed by atoms with Gasteiger partial charge >= 0.3 is 0 Å². The van der Waals surface area contributed by atoms with Crippen LogP contribution in [0.3, 0.4) is 0 Å². The zero-order valence-electron chi connectivity index (χ0n) is 14.5. The molecule has 1 saturated heterocycles. The zero-order chi connectivity index (χ0) is 17.1. The molecule has 1 fully saturated rings. The molecule has 0 aliphatic carbocycles. The van der Waals surface area contributed by atoms with Gasteiger partial charge in [-0.2, -0.15) is 0 Å². The van der Waals surface area contributed by atoms with Crippen molar-refractivity contribution in [3.8, 4) is 0 Å². The van der Waals surface area contributed by atoms with E-state index in [0.717, 1.165) is 50.9 Å². The number of ether oxygens (including phenoxy) is 1. The monoisotopic (exact) mass is 353 g/mol. The van der Waals surface area contributed by atoms with Crippen molar-refractivity contribution in [3.63, 3.8) is 0 Å². The number of aliphatic imine (C=N–C) groups is 1. The molecular formula is C20H23N3OS. The number of piperazine rings is 1. The molecule has 2 heterocycles. The fourth-order valence-electron chi connectivity index (χ4n) is 3.31. The van der Waals surface area contributed by atoms with Gasteiger partial charge in [0, 0.05) is 55.2 Å². The molecule has 0 unspecified atom stereocenters. The number of fused-ring (bicyclic) bond motifs is 2. The van der Waals surface area contributed by atoms with Gasteiger partial charge in [-0.05, 0) is 18.2 Å². The highest BCUT2D eigenvalue weighted by atomic mass is 32.2. The van der Waals surface area contributed by atoms with Crippen molar-refractivity contribution in [1.82, 2.24) is 9.80 Å². The Morgan fingerprint density at radius 3 is 2.48 bits per heavy atom. The van der Waals surface area contributed by atoms with Crippen LogP contribution < -0.4 is 0 Å². The van der Waals surface area contributed by atoms with E-state index in [1.165, 1.54) is 15.4 Å². The largest absolute Gasteiger partial charge is 0.383 e. The molecule has 0 atom stereocenters. The van der Waals surface area contributed by atoms with Crippen molar-refractivity contribution >= 4 is 23.3 Å². The van der Waals surface area contributed by atoms with Gasteiger partial charge < -0.3 is 9.64 Å². The maximum Gasteiger partial charge on any atom is 0.137 e. The second kappa shape index (κ2) is 7.60. The van der Waals surface area contributed by atoms with Crippen molar-refractivity contribution in [2.75, 3.05) is 46.4 Å². The lowest BCUT2D eigenvalue weighted by atomic mass is 10.1. The number of rotatable bonds is 3. The quantitative estimate of drug-likeness (QED) is 0.844. The molecule has 2 aromatic carbocycles. The molecule has 0 saturated carbocycles. The van der Waals surface area contributed by atoms with Gasteiger partial charge in [0.1, 0.15) is 5.84 Å². The van der Waals surface area contributed by atoms with E-state index in [1.807, 2.05) is 11.8 Å². The first kappa shape index (κ1) is 16.6. The van der Waals surface area contributed by atoms with E-state index in [2.05, 4.69) is 58.3 Å². The van der Waals surface area contributed by atoms with Crippen LogP contribution in [0.1, 0.15) is 5.56 Å². The lowest BCUT2D eigenvalue weighted by Gasteiger charge is -2.36. The van der Waals surface area contributed by atoms with Gasteiger partial charge in [0.25, 0.3) is 0 Å². The Labute approximate surface area is 153 Å². The van der Waals surface area contributed by atoms with E-state index in [4.69, 9.17) is 9.73 Å². The van der Waals surface area contributed by atoms with Gasteiger partial charge in [0.05, 0.1) is 12.3 Å². The molecule has 25 heavy (non-hydrogen) atoms. The number of amidine groups is 1. The van der Waals surface area contributed by atoms with E-state index in [0.29, 0.717) is 0 Å². The molecule has 0 N–H and O–H groups in total. The maximum absolute atomic E-state index is 5.21. The Bertz CT molecular complexity index is 769. The van der Waals surface area contributed by atoms with Crippen molar-refractivity contribution in [2.24, 2.45) is 4.99 Å². The molecule has 0 aromatic heterocycles. The van der Waals surface area contributed by atoms with Gasteiger partial charge in [-0.15, -0.1) is 0 Å². The number of benzene rings is 2. The fourth-order valence-corrected chi connectivity index (χ4v) is 4.33. The highest BCUT2D eigenvalue weighted by Gasteiger charge is 2.24. The average molecular weight is 353 g/mol. The summed E-state index contributed by atoms with van der Waals surface area (Å²) in [7, 11) is 1.77. The third kappa shape index (κ3) is 3.59. The summed E-state index contributed by atoms with van der Waals surface area (Å²) in [6.45, 7) is 5.92. The van der Waals surface area contributed by atoms with E-state index in [1.54, 1.807) is 7.11 Å². The molecule has 2 aliphatic heterocycles. The normalized spacial score (nSPS) is 17.5. The topological polar surface area (TPSA) is 28.1 Å². The first-order valence-electron chi connectivity index (χ1n) is 8.76. The third-order valence-corrected chi connectivity index (χ3v) is 5.86. The van der Waals surface area contributed by atoms with Crippen LogP contribution in [0.15, 0.2) is 63.3 Å². The van der Waals surface area contributed by atoms with Crippen LogP contribution in [0, 0.1) is 0 Å². The summed E-state index contributed by atoms with van der Waals surface area (Å²) < 4.78 is 5.21. The van der Waals surface area contributed by atoms with Crippen LogP contribution in [-0.2, 0) is 4.74 Å². The summed E-state index contributed by atoms with van der Waals surface area (Å²) >= 11 is 1.81. The summed E-state index contributed by atoms with van der Waals surface area (Å²) in [6.07, 6.45) is 0. The van der Waals surface area contributed by atoms with Gasteiger partial charge in [0.15, 0.2) is 0 Å². The minimum Gasteiger partial charge on any atom is -0.383 e. The maximum atomic E-state index is 5.21. The predicted molar refractivity (Wildman–Crippen MR) is 103 cm³/mol. The molecule has 0 spiro atoms. The lowest BCUT2D eigenvalue weighted by Crippen LogP contribution is -2.49. The van der Waals surface area contributed by atoms with Gasteiger partial charge in [-0.25, -0.2) is 4.99 Å². The number of nitrogens with zero attached hydrogens (tertiary/aromatic N) is 3. The Morgan fingerprint density at radius 2 is 1.68 bits per heavy atom. The van der Waals surface area contributed by atoms with Crippen LogP contribution >= 0.6 is 11.8 Å². The number of para-hydroxylation sites is 1.